The molecule has 1 aromatic heterocycles. The lowest BCUT2D eigenvalue weighted by molar-refractivity contribution is 0.415. The molecule has 1 N–H and O–H groups in total. The Morgan fingerprint density at radius 3 is 2.74 bits per heavy atom. The van der Waals surface area contributed by atoms with Gasteiger partial charge in [0.25, 0.3) is 0 Å². The van der Waals surface area contributed by atoms with Crippen molar-refractivity contribution >= 4 is 17.3 Å². The van der Waals surface area contributed by atoms with Crippen LogP contribution in [0.5, 0.6) is 0 Å². The van der Waals surface area contributed by atoms with Crippen LogP contribution in [0, 0.1) is 6.92 Å². The van der Waals surface area contributed by atoms with Crippen molar-refractivity contribution in [3.05, 3.63) is 40.9 Å². The molecule has 0 unspecified atom stereocenters. The summed E-state index contributed by atoms with van der Waals surface area (Å²) in [5, 5.41) is 8.60. The second-order valence-corrected chi connectivity index (χ2v) is 6.61. The number of nitrogens with one attached hydrogen (secondary N) is 1. The third-order valence-corrected chi connectivity index (χ3v) is 5.01. The third kappa shape index (κ3) is 4.03. The van der Waals surface area contributed by atoms with Crippen LogP contribution < -0.4 is 10.2 Å². The first-order valence-electron chi connectivity index (χ1n) is 8.21. The predicted molar refractivity (Wildman–Crippen MR) is 94.1 cm³/mol. The highest BCUT2D eigenvalue weighted by molar-refractivity contribution is 6.31. The van der Waals surface area contributed by atoms with Crippen molar-refractivity contribution < 1.29 is 0 Å². The van der Waals surface area contributed by atoms with Gasteiger partial charge in [-0.1, -0.05) is 17.7 Å². The molecular formula is C17H24ClN5. The summed E-state index contributed by atoms with van der Waals surface area (Å²) in [6.45, 7) is 5.13. The SMILES string of the molecule is Cc1ccc(N2CCC(NCCc3ncnn3C)CC2)cc1Cl. The molecule has 0 saturated carbocycles. The molecule has 6 heteroatoms. The molecule has 0 radical (unpaired) electrons. The van der Waals surface area contributed by atoms with Gasteiger partial charge in [-0.2, -0.15) is 5.10 Å². The van der Waals surface area contributed by atoms with E-state index in [2.05, 4.69) is 38.5 Å². The Labute approximate surface area is 142 Å². The summed E-state index contributed by atoms with van der Waals surface area (Å²) in [5.74, 6) is 1.03. The van der Waals surface area contributed by atoms with Crippen molar-refractivity contribution in [3.63, 3.8) is 0 Å². The second kappa shape index (κ2) is 7.32. The van der Waals surface area contributed by atoms with Crippen molar-refractivity contribution in [1.82, 2.24) is 20.1 Å². The van der Waals surface area contributed by atoms with E-state index in [1.54, 1.807) is 6.33 Å². The largest absolute Gasteiger partial charge is 0.371 e. The number of benzene rings is 1. The summed E-state index contributed by atoms with van der Waals surface area (Å²) >= 11 is 6.24. The first kappa shape index (κ1) is 16.3. The Bertz CT molecular complexity index is 646. The van der Waals surface area contributed by atoms with Gasteiger partial charge in [0, 0.05) is 49.9 Å². The monoisotopic (exact) mass is 333 g/mol. The summed E-state index contributed by atoms with van der Waals surface area (Å²) in [6.07, 6.45) is 4.85. The number of nitrogens with zero attached hydrogens (tertiary/aromatic N) is 4. The van der Waals surface area contributed by atoms with E-state index < -0.39 is 0 Å². The fourth-order valence-electron chi connectivity index (χ4n) is 3.05. The van der Waals surface area contributed by atoms with Gasteiger partial charge in [0.05, 0.1) is 0 Å². The maximum absolute atomic E-state index is 6.24. The number of hydrogen-bond acceptors (Lipinski definition) is 4. The predicted octanol–water partition coefficient (Wildman–Crippen LogP) is 2.58. The molecule has 1 fully saturated rings. The van der Waals surface area contributed by atoms with Crippen LogP contribution in [-0.2, 0) is 13.5 Å². The molecule has 1 aromatic carbocycles. The Balaban J connectivity index is 1.45. The molecule has 124 valence electrons. The lowest BCUT2D eigenvalue weighted by atomic mass is 10.0. The molecule has 1 aliphatic rings. The van der Waals surface area contributed by atoms with Gasteiger partial charge in [-0.05, 0) is 37.5 Å². The summed E-state index contributed by atoms with van der Waals surface area (Å²) in [7, 11) is 1.94. The minimum absolute atomic E-state index is 0.584. The Kier molecular flexibility index (Phi) is 5.18. The number of anilines is 1. The lowest BCUT2D eigenvalue weighted by Crippen LogP contribution is -2.43. The van der Waals surface area contributed by atoms with Crippen LogP contribution in [0.4, 0.5) is 5.69 Å². The third-order valence-electron chi connectivity index (χ3n) is 4.60. The van der Waals surface area contributed by atoms with Gasteiger partial charge in [0.15, 0.2) is 0 Å². The van der Waals surface area contributed by atoms with E-state index in [4.69, 9.17) is 11.6 Å². The normalized spacial score (nSPS) is 16.0. The molecule has 0 aliphatic carbocycles. The zero-order chi connectivity index (χ0) is 16.2. The van der Waals surface area contributed by atoms with Crippen molar-refractivity contribution in [1.29, 1.82) is 0 Å². The first-order chi connectivity index (χ1) is 11.1. The van der Waals surface area contributed by atoms with Gasteiger partial charge in [0.2, 0.25) is 0 Å². The minimum Gasteiger partial charge on any atom is -0.371 e. The molecule has 1 saturated heterocycles. The van der Waals surface area contributed by atoms with Crippen molar-refractivity contribution in [3.8, 4) is 0 Å². The van der Waals surface area contributed by atoms with Gasteiger partial charge in [-0.3, -0.25) is 4.68 Å². The number of aromatic nitrogens is 3. The number of rotatable bonds is 5. The van der Waals surface area contributed by atoms with Crippen LogP contribution >= 0.6 is 11.6 Å². The Morgan fingerprint density at radius 1 is 1.30 bits per heavy atom. The highest BCUT2D eigenvalue weighted by Gasteiger charge is 2.19. The fourth-order valence-corrected chi connectivity index (χ4v) is 3.23. The van der Waals surface area contributed by atoms with Crippen LogP contribution in [0.2, 0.25) is 5.02 Å². The quantitative estimate of drug-likeness (QED) is 0.913. The Morgan fingerprint density at radius 2 is 2.09 bits per heavy atom. The fraction of sp³-hybridized carbons (Fsp3) is 0.529. The summed E-state index contributed by atoms with van der Waals surface area (Å²) < 4.78 is 1.84. The van der Waals surface area contributed by atoms with E-state index in [9.17, 15) is 0 Å². The molecule has 2 aromatic rings. The number of aryl methyl sites for hydroxylation is 2. The van der Waals surface area contributed by atoms with Gasteiger partial charge in [-0.25, -0.2) is 4.98 Å². The molecule has 3 rings (SSSR count). The first-order valence-corrected chi connectivity index (χ1v) is 8.58. The number of piperidine rings is 1. The van der Waals surface area contributed by atoms with Crippen molar-refractivity contribution in [2.45, 2.75) is 32.2 Å². The maximum atomic E-state index is 6.24. The van der Waals surface area contributed by atoms with Crippen LogP contribution in [-0.4, -0.2) is 40.4 Å². The molecular weight excluding hydrogens is 310 g/mol. The van der Waals surface area contributed by atoms with Crippen molar-refractivity contribution in [2.24, 2.45) is 7.05 Å². The molecule has 5 nitrogen and oxygen atoms in total. The van der Waals surface area contributed by atoms with Gasteiger partial charge in [-0.15, -0.1) is 0 Å². The summed E-state index contributed by atoms with van der Waals surface area (Å²) in [4.78, 5) is 6.68. The van der Waals surface area contributed by atoms with Gasteiger partial charge in [0.1, 0.15) is 12.2 Å². The van der Waals surface area contributed by atoms with E-state index in [1.165, 1.54) is 5.69 Å². The summed E-state index contributed by atoms with van der Waals surface area (Å²) in [5.41, 5.74) is 2.37. The molecule has 2 heterocycles. The standard InChI is InChI=1S/C17H24ClN5/c1-13-3-4-15(11-16(13)18)23-9-6-14(7-10-23)19-8-5-17-20-12-21-22(17)2/h3-4,11-12,14,19H,5-10H2,1-2H3. The van der Waals surface area contributed by atoms with Crippen LogP contribution in [0.15, 0.2) is 24.5 Å². The lowest BCUT2D eigenvalue weighted by Gasteiger charge is -2.34. The average molecular weight is 334 g/mol. The molecule has 1 aliphatic heterocycles. The van der Waals surface area contributed by atoms with Gasteiger partial charge >= 0.3 is 0 Å². The van der Waals surface area contributed by atoms with E-state index >= 15 is 0 Å². The zero-order valence-corrected chi connectivity index (χ0v) is 14.6. The van der Waals surface area contributed by atoms with E-state index in [0.29, 0.717) is 6.04 Å². The smallest absolute Gasteiger partial charge is 0.138 e. The second-order valence-electron chi connectivity index (χ2n) is 6.20. The van der Waals surface area contributed by atoms with E-state index in [-0.39, 0.29) is 0 Å². The number of hydrogen-bond donors (Lipinski definition) is 1. The maximum Gasteiger partial charge on any atom is 0.138 e. The molecule has 0 bridgehead atoms. The summed E-state index contributed by atoms with van der Waals surface area (Å²) in [6, 6.07) is 6.94. The van der Waals surface area contributed by atoms with Crippen LogP contribution in [0.3, 0.4) is 0 Å². The van der Waals surface area contributed by atoms with Gasteiger partial charge < -0.3 is 10.2 Å². The van der Waals surface area contributed by atoms with E-state index in [0.717, 1.165) is 55.3 Å². The van der Waals surface area contributed by atoms with Crippen LogP contribution in [0.1, 0.15) is 24.2 Å². The highest BCUT2D eigenvalue weighted by atomic mass is 35.5. The molecule has 23 heavy (non-hydrogen) atoms. The molecule has 0 amide bonds. The average Bonchev–Trinajstić information content (AvgIpc) is 2.96. The topological polar surface area (TPSA) is 46.0 Å². The van der Waals surface area contributed by atoms with Crippen molar-refractivity contribution in [2.75, 3.05) is 24.5 Å². The molecule has 0 spiro atoms. The van der Waals surface area contributed by atoms with Crippen LogP contribution in [0.25, 0.3) is 0 Å². The zero-order valence-electron chi connectivity index (χ0n) is 13.8. The Hall–Kier alpha value is -1.59. The number of halogens is 1. The van der Waals surface area contributed by atoms with E-state index in [1.807, 2.05) is 18.7 Å². The molecule has 0 atom stereocenters. The minimum atomic E-state index is 0.584. The highest BCUT2D eigenvalue weighted by Crippen LogP contribution is 2.25.